The van der Waals surface area contributed by atoms with Crippen LogP contribution in [0, 0.1) is 6.92 Å². The van der Waals surface area contributed by atoms with Gasteiger partial charge in [-0.3, -0.25) is 5.10 Å². The summed E-state index contributed by atoms with van der Waals surface area (Å²) in [6, 6.07) is 5.84. The van der Waals surface area contributed by atoms with Gasteiger partial charge >= 0.3 is 0 Å². The number of halogens is 2. The molecule has 0 spiro atoms. The van der Waals surface area contributed by atoms with Crippen LogP contribution in [0.25, 0.3) is 0 Å². The van der Waals surface area contributed by atoms with E-state index in [4.69, 9.17) is 11.6 Å². The van der Waals surface area contributed by atoms with E-state index in [0.717, 1.165) is 26.4 Å². The SMILES string of the molecule is Cc1cc(Br)c(NCc2ccn[nH]2)cc1Cl. The highest BCUT2D eigenvalue weighted by molar-refractivity contribution is 9.10. The molecule has 0 aliphatic heterocycles. The Morgan fingerprint density at radius 3 is 3.00 bits per heavy atom. The molecule has 1 heterocycles. The average molecular weight is 301 g/mol. The number of hydrogen-bond acceptors (Lipinski definition) is 2. The second-order valence-electron chi connectivity index (χ2n) is 3.52. The molecule has 2 rings (SSSR count). The van der Waals surface area contributed by atoms with Gasteiger partial charge in [-0.25, -0.2) is 0 Å². The minimum Gasteiger partial charge on any atom is -0.378 e. The molecule has 0 amide bonds. The van der Waals surface area contributed by atoms with E-state index < -0.39 is 0 Å². The summed E-state index contributed by atoms with van der Waals surface area (Å²) in [5, 5.41) is 10.8. The normalized spacial score (nSPS) is 10.4. The Bertz CT molecular complexity index is 482. The summed E-state index contributed by atoms with van der Waals surface area (Å²) in [5.41, 5.74) is 3.06. The Kier molecular flexibility index (Phi) is 3.51. The number of anilines is 1. The van der Waals surface area contributed by atoms with Crippen LogP contribution in [0.5, 0.6) is 0 Å². The summed E-state index contributed by atoms with van der Waals surface area (Å²) in [6.45, 7) is 2.67. The van der Waals surface area contributed by atoms with Crippen LogP contribution in [0.3, 0.4) is 0 Å². The molecule has 0 radical (unpaired) electrons. The molecule has 0 unspecified atom stereocenters. The van der Waals surface area contributed by atoms with Crippen LogP contribution in [0.2, 0.25) is 5.02 Å². The van der Waals surface area contributed by atoms with E-state index >= 15 is 0 Å². The summed E-state index contributed by atoms with van der Waals surface area (Å²) in [5.74, 6) is 0. The Morgan fingerprint density at radius 2 is 2.31 bits per heavy atom. The number of rotatable bonds is 3. The third-order valence-corrected chi connectivity index (χ3v) is 3.34. The zero-order valence-electron chi connectivity index (χ0n) is 8.72. The standard InChI is InChI=1S/C11H11BrClN3/c1-7-4-9(12)11(5-10(7)13)14-6-8-2-3-15-16-8/h2-5,14H,6H2,1H3,(H,15,16). The zero-order valence-corrected chi connectivity index (χ0v) is 11.1. The monoisotopic (exact) mass is 299 g/mol. The molecule has 84 valence electrons. The first kappa shape index (κ1) is 11.5. The first-order chi connectivity index (χ1) is 7.66. The molecule has 0 saturated carbocycles. The predicted octanol–water partition coefficient (Wildman–Crippen LogP) is 3.75. The van der Waals surface area contributed by atoms with Crippen molar-refractivity contribution in [2.24, 2.45) is 0 Å². The van der Waals surface area contributed by atoms with Crippen molar-refractivity contribution < 1.29 is 0 Å². The van der Waals surface area contributed by atoms with Crippen molar-refractivity contribution in [1.82, 2.24) is 10.2 Å². The van der Waals surface area contributed by atoms with Crippen LogP contribution in [-0.2, 0) is 6.54 Å². The van der Waals surface area contributed by atoms with Gasteiger partial charge in [-0.2, -0.15) is 5.10 Å². The Labute approximate surface area is 107 Å². The minimum absolute atomic E-state index is 0.692. The molecule has 2 N–H and O–H groups in total. The average Bonchev–Trinajstić information content (AvgIpc) is 2.74. The number of nitrogens with zero attached hydrogens (tertiary/aromatic N) is 1. The number of aryl methyl sites for hydroxylation is 1. The third kappa shape index (κ3) is 2.57. The van der Waals surface area contributed by atoms with Crippen LogP contribution < -0.4 is 5.32 Å². The maximum atomic E-state index is 6.07. The predicted molar refractivity (Wildman–Crippen MR) is 69.8 cm³/mol. The lowest BCUT2D eigenvalue weighted by Gasteiger charge is -2.09. The lowest BCUT2D eigenvalue weighted by molar-refractivity contribution is 0.981. The Hall–Kier alpha value is -1.00. The Balaban J connectivity index is 2.12. The number of hydrogen-bond donors (Lipinski definition) is 2. The summed E-state index contributed by atoms with van der Waals surface area (Å²) < 4.78 is 1.01. The van der Waals surface area contributed by atoms with Crippen molar-refractivity contribution in [2.75, 3.05) is 5.32 Å². The highest BCUT2D eigenvalue weighted by Crippen LogP contribution is 2.29. The summed E-state index contributed by atoms with van der Waals surface area (Å²) in [6.07, 6.45) is 1.73. The second kappa shape index (κ2) is 4.89. The van der Waals surface area contributed by atoms with Gasteiger partial charge in [-0.1, -0.05) is 11.6 Å². The van der Waals surface area contributed by atoms with Crippen molar-refractivity contribution in [3.05, 3.63) is 45.1 Å². The van der Waals surface area contributed by atoms with Crippen LogP contribution >= 0.6 is 27.5 Å². The van der Waals surface area contributed by atoms with E-state index in [-0.39, 0.29) is 0 Å². The molecular formula is C11H11BrClN3. The molecule has 0 atom stereocenters. The van der Waals surface area contributed by atoms with Gasteiger partial charge in [0.05, 0.1) is 17.9 Å². The first-order valence-electron chi connectivity index (χ1n) is 4.84. The third-order valence-electron chi connectivity index (χ3n) is 2.28. The number of nitrogens with one attached hydrogen (secondary N) is 2. The van der Waals surface area contributed by atoms with Crippen molar-refractivity contribution >= 4 is 33.2 Å². The first-order valence-corrected chi connectivity index (χ1v) is 6.01. The maximum absolute atomic E-state index is 6.07. The topological polar surface area (TPSA) is 40.7 Å². The minimum atomic E-state index is 0.692. The molecule has 0 bridgehead atoms. The van der Waals surface area contributed by atoms with E-state index in [9.17, 15) is 0 Å². The van der Waals surface area contributed by atoms with Gasteiger partial charge in [0.2, 0.25) is 0 Å². The van der Waals surface area contributed by atoms with E-state index in [1.165, 1.54) is 0 Å². The summed E-state index contributed by atoms with van der Waals surface area (Å²) in [4.78, 5) is 0. The van der Waals surface area contributed by atoms with E-state index in [1.807, 2.05) is 25.1 Å². The van der Waals surface area contributed by atoms with Crippen LogP contribution in [0.4, 0.5) is 5.69 Å². The Morgan fingerprint density at radius 1 is 1.50 bits per heavy atom. The fourth-order valence-corrected chi connectivity index (χ4v) is 2.12. The largest absolute Gasteiger partial charge is 0.378 e. The number of benzene rings is 1. The van der Waals surface area contributed by atoms with Crippen molar-refractivity contribution in [1.29, 1.82) is 0 Å². The fraction of sp³-hybridized carbons (Fsp3) is 0.182. The molecule has 0 saturated heterocycles. The van der Waals surface area contributed by atoms with Crippen molar-refractivity contribution in [3.63, 3.8) is 0 Å². The van der Waals surface area contributed by atoms with Gasteiger partial charge in [-0.05, 0) is 46.6 Å². The van der Waals surface area contributed by atoms with Crippen LogP contribution in [0.15, 0.2) is 28.9 Å². The molecule has 1 aromatic carbocycles. The van der Waals surface area contributed by atoms with Gasteiger partial charge in [0.15, 0.2) is 0 Å². The lowest BCUT2D eigenvalue weighted by atomic mass is 10.2. The van der Waals surface area contributed by atoms with Gasteiger partial charge in [0.1, 0.15) is 0 Å². The van der Waals surface area contributed by atoms with E-state index in [0.29, 0.717) is 6.54 Å². The quantitative estimate of drug-likeness (QED) is 0.906. The van der Waals surface area contributed by atoms with Crippen LogP contribution in [-0.4, -0.2) is 10.2 Å². The smallest absolute Gasteiger partial charge is 0.0568 e. The highest BCUT2D eigenvalue weighted by Gasteiger charge is 2.04. The highest BCUT2D eigenvalue weighted by atomic mass is 79.9. The molecule has 3 nitrogen and oxygen atoms in total. The molecule has 16 heavy (non-hydrogen) atoms. The molecule has 0 aliphatic rings. The molecule has 1 aromatic heterocycles. The number of aromatic amines is 1. The molecule has 0 aliphatic carbocycles. The molecule has 2 aromatic rings. The second-order valence-corrected chi connectivity index (χ2v) is 4.78. The summed E-state index contributed by atoms with van der Waals surface area (Å²) in [7, 11) is 0. The van der Waals surface area contributed by atoms with Gasteiger partial charge < -0.3 is 5.32 Å². The summed E-state index contributed by atoms with van der Waals surface area (Å²) >= 11 is 9.56. The number of aromatic nitrogens is 2. The van der Waals surface area contributed by atoms with Gasteiger partial charge in [0, 0.05) is 15.7 Å². The van der Waals surface area contributed by atoms with E-state index in [2.05, 4.69) is 31.4 Å². The van der Waals surface area contributed by atoms with E-state index in [1.54, 1.807) is 6.20 Å². The van der Waals surface area contributed by atoms with Crippen molar-refractivity contribution in [3.8, 4) is 0 Å². The van der Waals surface area contributed by atoms with Crippen LogP contribution in [0.1, 0.15) is 11.3 Å². The zero-order chi connectivity index (χ0) is 11.5. The fourth-order valence-electron chi connectivity index (χ4n) is 1.36. The lowest BCUT2D eigenvalue weighted by Crippen LogP contribution is -2.00. The molecular weight excluding hydrogens is 289 g/mol. The van der Waals surface area contributed by atoms with Crippen molar-refractivity contribution in [2.45, 2.75) is 13.5 Å². The molecule has 0 fully saturated rings. The maximum Gasteiger partial charge on any atom is 0.0568 e. The van der Waals surface area contributed by atoms with Gasteiger partial charge in [-0.15, -0.1) is 0 Å². The molecule has 5 heteroatoms. The van der Waals surface area contributed by atoms with Gasteiger partial charge in [0.25, 0.3) is 0 Å². The number of H-pyrrole nitrogens is 1.